The van der Waals surface area contributed by atoms with Crippen LogP contribution in [0.15, 0.2) is 36.4 Å². The highest BCUT2D eigenvalue weighted by Gasteiger charge is 2.11. The molecular formula is C14H14NO2. The van der Waals surface area contributed by atoms with E-state index >= 15 is 0 Å². The average molecular weight is 228 g/mol. The summed E-state index contributed by atoms with van der Waals surface area (Å²) in [7, 11) is 0. The van der Waals surface area contributed by atoms with Gasteiger partial charge in [0.15, 0.2) is 5.75 Å². The van der Waals surface area contributed by atoms with Crippen molar-refractivity contribution in [2.24, 2.45) is 0 Å². The number of benzene rings is 2. The zero-order valence-electron chi connectivity index (χ0n) is 9.86. The van der Waals surface area contributed by atoms with Crippen LogP contribution in [0.4, 0.5) is 0 Å². The molecule has 1 amide bonds. The Morgan fingerprint density at radius 2 is 1.88 bits per heavy atom. The number of hydrogen-bond acceptors (Lipinski definition) is 1. The van der Waals surface area contributed by atoms with E-state index in [9.17, 15) is 9.90 Å². The van der Waals surface area contributed by atoms with Crippen LogP contribution in [0.2, 0.25) is 0 Å². The first-order chi connectivity index (χ1) is 8.08. The fourth-order valence-electron chi connectivity index (χ4n) is 1.75. The Bertz CT molecular complexity index is 561. The van der Waals surface area contributed by atoms with E-state index in [4.69, 9.17) is 0 Å². The monoisotopic (exact) mass is 228 g/mol. The molecule has 1 N–H and O–H groups in total. The van der Waals surface area contributed by atoms with E-state index in [0.29, 0.717) is 10.9 Å². The van der Waals surface area contributed by atoms with Gasteiger partial charge in [0.05, 0.1) is 0 Å². The van der Waals surface area contributed by atoms with Crippen LogP contribution >= 0.6 is 0 Å². The number of amides is 1. The van der Waals surface area contributed by atoms with Crippen molar-refractivity contribution < 1.29 is 9.90 Å². The number of rotatable bonds is 2. The van der Waals surface area contributed by atoms with Crippen LogP contribution in [0.1, 0.15) is 24.2 Å². The van der Waals surface area contributed by atoms with Gasteiger partial charge < -0.3 is 5.32 Å². The van der Waals surface area contributed by atoms with Gasteiger partial charge in [-0.15, -0.1) is 0 Å². The first-order valence-corrected chi connectivity index (χ1v) is 5.58. The lowest BCUT2D eigenvalue weighted by atomic mass is 10.1. The Kier molecular flexibility index (Phi) is 3.00. The van der Waals surface area contributed by atoms with E-state index in [1.807, 2.05) is 32.0 Å². The summed E-state index contributed by atoms with van der Waals surface area (Å²) in [6.07, 6.45) is 0. The molecule has 3 nitrogen and oxygen atoms in total. The largest absolute Gasteiger partial charge is 0.350 e. The van der Waals surface area contributed by atoms with Crippen LogP contribution < -0.4 is 5.32 Å². The summed E-state index contributed by atoms with van der Waals surface area (Å²) >= 11 is 0. The molecule has 0 spiro atoms. The van der Waals surface area contributed by atoms with E-state index in [-0.39, 0.29) is 17.7 Å². The molecule has 2 aromatic carbocycles. The Morgan fingerprint density at radius 1 is 1.18 bits per heavy atom. The molecule has 2 aromatic rings. The topological polar surface area (TPSA) is 49.0 Å². The lowest BCUT2D eigenvalue weighted by Crippen LogP contribution is -2.29. The zero-order valence-corrected chi connectivity index (χ0v) is 9.86. The average Bonchev–Trinajstić information content (AvgIpc) is 2.28. The predicted octanol–water partition coefficient (Wildman–Crippen LogP) is 3.12. The molecule has 0 heterocycles. The number of carbonyl (C=O) groups is 1. The summed E-state index contributed by atoms with van der Waals surface area (Å²) in [5.74, 6) is -0.320. The van der Waals surface area contributed by atoms with Gasteiger partial charge in [0.2, 0.25) is 0 Å². The third-order valence-electron chi connectivity index (χ3n) is 2.51. The second-order valence-corrected chi connectivity index (χ2v) is 4.32. The third kappa shape index (κ3) is 2.38. The Labute approximate surface area is 100 Å². The number of carbonyl (C=O) groups excluding carboxylic acids is 1. The zero-order chi connectivity index (χ0) is 12.4. The lowest BCUT2D eigenvalue weighted by molar-refractivity contribution is 0.0942. The maximum absolute atomic E-state index is 11.8. The van der Waals surface area contributed by atoms with Crippen molar-refractivity contribution in [3.63, 3.8) is 0 Å². The van der Waals surface area contributed by atoms with Crippen LogP contribution in [0, 0.1) is 0 Å². The highest BCUT2D eigenvalue weighted by Crippen LogP contribution is 2.26. The van der Waals surface area contributed by atoms with Gasteiger partial charge in [-0.25, -0.2) is 0 Å². The van der Waals surface area contributed by atoms with Gasteiger partial charge >= 0.3 is 0 Å². The van der Waals surface area contributed by atoms with Gasteiger partial charge in [-0.2, -0.15) is 0 Å². The van der Waals surface area contributed by atoms with Gasteiger partial charge in [-0.05, 0) is 31.4 Å². The molecule has 3 heteroatoms. The second kappa shape index (κ2) is 4.45. The third-order valence-corrected chi connectivity index (χ3v) is 2.51. The fraction of sp³-hybridized carbons (Fsp3) is 0.214. The molecule has 17 heavy (non-hydrogen) atoms. The molecule has 0 saturated heterocycles. The van der Waals surface area contributed by atoms with Crippen LogP contribution in [0.5, 0.6) is 5.75 Å². The SMILES string of the molecule is CC(C)NC(=O)c1cc([O])c2ccccc2c1. The summed E-state index contributed by atoms with van der Waals surface area (Å²) in [4.78, 5) is 11.8. The number of fused-ring (bicyclic) bond motifs is 1. The molecule has 0 fully saturated rings. The van der Waals surface area contributed by atoms with Crippen molar-refractivity contribution in [3.8, 4) is 5.75 Å². The van der Waals surface area contributed by atoms with Crippen LogP contribution in [-0.2, 0) is 5.11 Å². The minimum absolute atomic E-state index is 0.0593. The van der Waals surface area contributed by atoms with E-state index in [0.717, 1.165) is 5.39 Å². The number of hydrogen-bond donors (Lipinski definition) is 1. The Balaban J connectivity index is 2.46. The first-order valence-electron chi connectivity index (χ1n) is 5.58. The fourth-order valence-corrected chi connectivity index (χ4v) is 1.75. The maximum atomic E-state index is 11.8. The van der Waals surface area contributed by atoms with E-state index in [1.165, 1.54) is 6.07 Å². The highest BCUT2D eigenvalue weighted by molar-refractivity contribution is 6.00. The van der Waals surface area contributed by atoms with E-state index < -0.39 is 0 Å². The van der Waals surface area contributed by atoms with Gasteiger partial charge in [0.25, 0.3) is 5.91 Å². The molecule has 0 unspecified atom stereocenters. The van der Waals surface area contributed by atoms with Crippen molar-refractivity contribution in [2.45, 2.75) is 19.9 Å². The quantitative estimate of drug-likeness (QED) is 0.843. The molecule has 0 aliphatic rings. The Hall–Kier alpha value is -2.03. The molecule has 0 aromatic heterocycles. The molecule has 0 bridgehead atoms. The van der Waals surface area contributed by atoms with Crippen LogP contribution in [-0.4, -0.2) is 11.9 Å². The first kappa shape index (κ1) is 11.5. The molecule has 1 radical (unpaired) electrons. The van der Waals surface area contributed by atoms with Gasteiger partial charge in [0, 0.05) is 17.0 Å². The molecule has 0 saturated carbocycles. The van der Waals surface area contributed by atoms with Crippen molar-refractivity contribution in [3.05, 3.63) is 42.0 Å². The standard InChI is InChI=1S/C14H14NO2/c1-9(2)15-14(17)11-7-10-5-3-4-6-12(10)13(16)8-11/h3-9H,1-2H3,(H,15,17). The predicted molar refractivity (Wildman–Crippen MR) is 66.7 cm³/mol. The normalized spacial score (nSPS) is 10.8. The molecular weight excluding hydrogens is 214 g/mol. The van der Waals surface area contributed by atoms with Crippen molar-refractivity contribution in [1.82, 2.24) is 5.32 Å². The van der Waals surface area contributed by atoms with Crippen molar-refractivity contribution >= 4 is 16.7 Å². The molecule has 87 valence electrons. The summed E-state index contributed by atoms with van der Waals surface area (Å²) in [5.41, 5.74) is 0.419. The summed E-state index contributed by atoms with van der Waals surface area (Å²) in [6.45, 7) is 3.77. The summed E-state index contributed by atoms with van der Waals surface area (Å²) in [6, 6.07) is 10.5. The minimum Gasteiger partial charge on any atom is -0.350 e. The smallest absolute Gasteiger partial charge is 0.251 e. The second-order valence-electron chi connectivity index (χ2n) is 4.32. The number of nitrogens with one attached hydrogen (secondary N) is 1. The van der Waals surface area contributed by atoms with E-state index in [1.54, 1.807) is 12.1 Å². The van der Waals surface area contributed by atoms with Crippen LogP contribution in [0.3, 0.4) is 0 Å². The van der Waals surface area contributed by atoms with E-state index in [2.05, 4.69) is 5.32 Å². The lowest BCUT2D eigenvalue weighted by Gasteiger charge is -2.09. The molecule has 0 aliphatic heterocycles. The molecule has 0 atom stereocenters. The van der Waals surface area contributed by atoms with Gasteiger partial charge in [-0.3, -0.25) is 9.90 Å². The molecule has 2 rings (SSSR count). The minimum atomic E-state index is -0.206. The summed E-state index contributed by atoms with van der Waals surface area (Å²) < 4.78 is 0. The van der Waals surface area contributed by atoms with Gasteiger partial charge in [0.1, 0.15) is 0 Å². The Morgan fingerprint density at radius 3 is 2.59 bits per heavy atom. The maximum Gasteiger partial charge on any atom is 0.251 e. The van der Waals surface area contributed by atoms with Crippen molar-refractivity contribution in [2.75, 3.05) is 0 Å². The van der Waals surface area contributed by atoms with Gasteiger partial charge in [-0.1, -0.05) is 24.3 Å². The van der Waals surface area contributed by atoms with Crippen LogP contribution in [0.25, 0.3) is 10.8 Å². The summed E-state index contributed by atoms with van der Waals surface area (Å²) in [5, 5.41) is 16.0. The highest BCUT2D eigenvalue weighted by atomic mass is 16.3. The molecule has 0 aliphatic carbocycles. The van der Waals surface area contributed by atoms with Crippen molar-refractivity contribution in [1.29, 1.82) is 0 Å².